The van der Waals surface area contributed by atoms with Gasteiger partial charge in [-0.2, -0.15) is 0 Å². The van der Waals surface area contributed by atoms with Crippen molar-refractivity contribution in [1.29, 1.82) is 0 Å². The van der Waals surface area contributed by atoms with E-state index in [-0.39, 0.29) is 6.04 Å². The third-order valence-electron chi connectivity index (χ3n) is 5.48. The van der Waals surface area contributed by atoms with E-state index in [0.717, 1.165) is 37.3 Å². The van der Waals surface area contributed by atoms with Gasteiger partial charge in [0.15, 0.2) is 0 Å². The summed E-state index contributed by atoms with van der Waals surface area (Å²) in [6.07, 6.45) is 2.69. The average Bonchev–Trinajstić information content (AvgIpc) is 3.35. The number of ether oxygens (including phenoxy) is 1. The van der Waals surface area contributed by atoms with E-state index in [1.165, 1.54) is 29.7 Å². The average molecular weight is 333 g/mol. The Morgan fingerprint density at radius 3 is 2.72 bits per heavy atom. The van der Waals surface area contributed by atoms with Gasteiger partial charge >= 0.3 is 0 Å². The Balaban J connectivity index is 1.67. The molecule has 0 bridgehead atoms. The minimum Gasteiger partial charge on any atom is -0.497 e. The van der Waals surface area contributed by atoms with E-state index in [4.69, 9.17) is 9.73 Å². The summed E-state index contributed by atoms with van der Waals surface area (Å²) in [6, 6.07) is 17.5. The molecule has 128 valence electrons. The lowest BCUT2D eigenvalue weighted by atomic mass is 9.93. The standard InChI is InChI=1S/C21H23N3O/c1-25-17-9-10-19-18(13-17)20(16-5-3-2-4-6-16)23-12-11-22-21(23)24(19)14-15-7-8-15/h2-6,9-10,13,15,20H,7-8,11-12,14H2,1H3. The molecule has 2 heterocycles. The maximum atomic E-state index is 5.54. The van der Waals surface area contributed by atoms with E-state index in [9.17, 15) is 0 Å². The summed E-state index contributed by atoms with van der Waals surface area (Å²) in [7, 11) is 1.74. The van der Waals surface area contributed by atoms with E-state index in [2.05, 4.69) is 58.3 Å². The summed E-state index contributed by atoms with van der Waals surface area (Å²) in [5, 5.41) is 0. The van der Waals surface area contributed by atoms with Crippen LogP contribution in [0, 0.1) is 5.92 Å². The number of methoxy groups -OCH3 is 1. The molecule has 0 aromatic heterocycles. The first kappa shape index (κ1) is 14.8. The van der Waals surface area contributed by atoms with Gasteiger partial charge in [0.25, 0.3) is 0 Å². The Morgan fingerprint density at radius 1 is 1.12 bits per heavy atom. The van der Waals surface area contributed by atoms with Crippen LogP contribution in [-0.2, 0) is 0 Å². The topological polar surface area (TPSA) is 28.1 Å². The zero-order valence-corrected chi connectivity index (χ0v) is 14.6. The lowest BCUT2D eigenvalue weighted by molar-refractivity contribution is 0.368. The fourth-order valence-corrected chi connectivity index (χ4v) is 4.07. The van der Waals surface area contributed by atoms with Crippen molar-refractivity contribution in [2.24, 2.45) is 10.9 Å². The van der Waals surface area contributed by atoms with Crippen molar-refractivity contribution < 1.29 is 4.74 Å². The molecule has 4 nitrogen and oxygen atoms in total. The van der Waals surface area contributed by atoms with Gasteiger partial charge in [0.1, 0.15) is 5.75 Å². The first-order valence-corrected chi connectivity index (χ1v) is 9.16. The van der Waals surface area contributed by atoms with Crippen LogP contribution >= 0.6 is 0 Å². The first-order chi connectivity index (χ1) is 12.3. The summed E-state index contributed by atoms with van der Waals surface area (Å²) >= 11 is 0. The van der Waals surface area contributed by atoms with Crippen LogP contribution in [0.1, 0.15) is 30.0 Å². The fourth-order valence-electron chi connectivity index (χ4n) is 4.07. The molecule has 1 saturated carbocycles. The maximum absolute atomic E-state index is 5.54. The summed E-state index contributed by atoms with van der Waals surface area (Å²) in [5.41, 5.74) is 3.93. The lowest BCUT2D eigenvalue weighted by Gasteiger charge is -2.43. The van der Waals surface area contributed by atoms with Crippen LogP contribution in [0.4, 0.5) is 5.69 Å². The molecule has 1 fully saturated rings. The van der Waals surface area contributed by atoms with Gasteiger partial charge < -0.3 is 14.5 Å². The van der Waals surface area contributed by atoms with Crippen molar-refractivity contribution in [2.75, 3.05) is 31.6 Å². The van der Waals surface area contributed by atoms with Crippen molar-refractivity contribution in [3.05, 3.63) is 59.7 Å². The highest BCUT2D eigenvalue weighted by atomic mass is 16.5. The number of guanidine groups is 1. The lowest BCUT2D eigenvalue weighted by Crippen LogP contribution is -2.49. The molecule has 1 aliphatic carbocycles. The first-order valence-electron chi connectivity index (χ1n) is 9.16. The SMILES string of the molecule is COc1ccc2c(c1)C(c1ccccc1)N1CCN=C1N2CC1CC1. The third kappa shape index (κ3) is 2.48. The molecule has 2 aromatic carbocycles. The Bertz CT molecular complexity index is 813. The molecule has 0 radical (unpaired) electrons. The predicted molar refractivity (Wildman–Crippen MR) is 100 cm³/mol. The van der Waals surface area contributed by atoms with Gasteiger partial charge in [0.05, 0.1) is 19.7 Å². The molecule has 5 rings (SSSR count). The minimum absolute atomic E-state index is 0.211. The summed E-state index contributed by atoms with van der Waals surface area (Å²) in [6.45, 7) is 2.94. The summed E-state index contributed by atoms with van der Waals surface area (Å²) in [4.78, 5) is 9.79. The molecular formula is C21H23N3O. The number of rotatable bonds is 4. The van der Waals surface area contributed by atoms with Crippen molar-refractivity contribution in [1.82, 2.24) is 4.90 Å². The van der Waals surface area contributed by atoms with E-state index in [0.29, 0.717) is 0 Å². The zero-order chi connectivity index (χ0) is 16.8. The number of aliphatic imine (C=N–C) groups is 1. The van der Waals surface area contributed by atoms with E-state index in [1.54, 1.807) is 7.11 Å². The molecule has 0 amide bonds. The van der Waals surface area contributed by atoms with Crippen LogP contribution in [0.15, 0.2) is 53.5 Å². The van der Waals surface area contributed by atoms with Crippen molar-refractivity contribution in [2.45, 2.75) is 18.9 Å². The Hall–Kier alpha value is -2.49. The maximum Gasteiger partial charge on any atom is 0.202 e. The number of benzene rings is 2. The second-order valence-corrected chi connectivity index (χ2v) is 7.17. The summed E-state index contributed by atoms with van der Waals surface area (Å²) in [5.74, 6) is 2.89. The second-order valence-electron chi connectivity index (χ2n) is 7.17. The fraction of sp³-hybridized carbons (Fsp3) is 0.381. The van der Waals surface area contributed by atoms with E-state index >= 15 is 0 Å². The van der Waals surface area contributed by atoms with Gasteiger partial charge in [0.2, 0.25) is 5.96 Å². The summed E-state index contributed by atoms with van der Waals surface area (Å²) < 4.78 is 5.54. The van der Waals surface area contributed by atoms with Crippen molar-refractivity contribution in [3.63, 3.8) is 0 Å². The molecule has 0 N–H and O–H groups in total. The van der Waals surface area contributed by atoms with Crippen LogP contribution in [0.3, 0.4) is 0 Å². The van der Waals surface area contributed by atoms with Gasteiger partial charge in [-0.05, 0) is 42.5 Å². The highest BCUT2D eigenvalue weighted by molar-refractivity contribution is 6.00. The molecule has 2 aliphatic heterocycles. The van der Waals surface area contributed by atoms with Gasteiger partial charge in [-0.3, -0.25) is 4.99 Å². The smallest absolute Gasteiger partial charge is 0.202 e. The molecule has 3 aliphatic rings. The van der Waals surface area contributed by atoms with Crippen LogP contribution in [0.5, 0.6) is 5.75 Å². The Labute approximate surface area is 148 Å². The quantitative estimate of drug-likeness (QED) is 0.854. The van der Waals surface area contributed by atoms with Crippen molar-refractivity contribution >= 4 is 11.6 Å². The van der Waals surface area contributed by atoms with Gasteiger partial charge in [-0.15, -0.1) is 0 Å². The number of fused-ring (bicyclic) bond motifs is 2. The molecule has 4 heteroatoms. The van der Waals surface area contributed by atoms with Crippen LogP contribution in [0.2, 0.25) is 0 Å². The number of hydrogen-bond donors (Lipinski definition) is 0. The highest BCUT2D eigenvalue weighted by Gasteiger charge is 2.40. The molecule has 1 atom stereocenters. The molecule has 25 heavy (non-hydrogen) atoms. The predicted octanol–water partition coefficient (Wildman–Crippen LogP) is 3.69. The third-order valence-corrected chi connectivity index (χ3v) is 5.48. The van der Waals surface area contributed by atoms with Gasteiger partial charge in [-0.1, -0.05) is 30.3 Å². The number of anilines is 1. The minimum atomic E-state index is 0.211. The Kier molecular flexibility index (Phi) is 3.44. The highest BCUT2D eigenvalue weighted by Crippen LogP contribution is 2.44. The van der Waals surface area contributed by atoms with E-state index in [1.807, 2.05) is 0 Å². The largest absolute Gasteiger partial charge is 0.497 e. The van der Waals surface area contributed by atoms with Crippen LogP contribution in [-0.4, -0.2) is 37.6 Å². The van der Waals surface area contributed by atoms with Crippen LogP contribution < -0.4 is 9.64 Å². The molecule has 0 saturated heterocycles. The molecule has 0 spiro atoms. The molecule has 1 unspecified atom stereocenters. The number of nitrogens with zero attached hydrogens (tertiary/aromatic N) is 3. The van der Waals surface area contributed by atoms with Crippen molar-refractivity contribution in [3.8, 4) is 5.75 Å². The zero-order valence-electron chi connectivity index (χ0n) is 14.6. The molecule has 2 aromatic rings. The van der Waals surface area contributed by atoms with E-state index < -0.39 is 0 Å². The molecular weight excluding hydrogens is 310 g/mol. The number of hydrogen-bond acceptors (Lipinski definition) is 4. The monoisotopic (exact) mass is 333 g/mol. The second kappa shape index (κ2) is 5.80. The van der Waals surface area contributed by atoms with Crippen LogP contribution in [0.25, 0.3) is 0 Å². The normalized spacial score (nSPS) is 21.6. The van der Waals surface area contributed by atoms with Gasteiger partial charge in [-0.25, -0.2) is 0 Å². The van der Waals surface area contributed by atoms with Gasteiger partial charge in [0, 0.05) is 24.3 Å². The Morgan fingerprint density at radius 2 is 1.96 bits per heavy atom.